The molecule has 0 aliphatic heterocycles. The molecule has 0 fully saturated rings. The van der Waals surface area contributed by atoms with Crippen LogP contribution in [0.5, 0.6) is 5.75 Å². The summed E-state index contributed by atoms with van der Waals surface area (Å²) < 4.78 is 11.8. The minimum Gasteiger partial charge on any atom is -0.496 e. The first-order valence-corrected chi connectivity index (χ1v) is 7.60. The number of aryl methyl sites for hydroxylation is 1. The van der Waals surface area contributed by atoms with Crippen molar-refractivity contribution >= 4 is 5.91 Å². The second-order valence-electron chi connectivity index (χ2n) is 5.41. The Kier molecular flexibility index (Phi) is 4.65. The number of furan rings is 1. The molecule has 7 heteroatoms. The molecule has 1 N–H and O–H groups in total. The highest BCUT2D eigenvalue weighted by Crippen LogP contribution is 2.18. The molecule has 0 saturated heterocycles. The molecule has 3 aromatic heterocycles. The largest absolute Gasteiger partial charge is 0.496 e. The van der Waals surface area contributed by atoms with Gasteiger partial charge in [0.2, 0.25) is 0 Å². The van der Waals surface area contributed by atoms with Crippen LogP contribution in [-0.2, 0) is 13.6 Å². The molecule has 0 spiro atoms. The van der Waals surface area contributed by atoms with Crippen LogP contribution in [0, 0.1) is 0 Å². The second kappa shape index (κ2) is 7.04. The fraction of sp³-hybridized carbons (Fsp3) is 0.167. The fourth-order valence-electron chi connectivity index (χ4n) is 2.37. The number of pyridine rings is 2. The SMILES string of the molecule is COc1cc(=O)n(C)cc1C(=O)NCc1ccnc(-c2ccco2)c1. The molecule has 0 aromatic carbocycles. The van der Waals surface area contributed by atoms with Gasteiger partial charge in [0.1, 0.15) is 11.4 Å². The number of carbonyl (C=O) groups is 1. The number of hydrogen-bond acceptors (Lipinski definition) is 5. The molecule has 0 aliphatic carbocycles. The summed E-state index contributed by atoms with van der Waals surface area (Å²) in [6, 6.07) is 8.55. The Hall–Kier alpha value is -3.35. The maximum absolute atomic E-state index is 12.4. The molecular formula is C18H17N3O4. The molecule has 0 atom stereocenters. The molecule has 3 heterocycles. The van der Waals surface area contributed by atoms with E-state index in [0.29, 0.717) is 23.6 Å². The molecule has 0 bridgehead atoms. The van der Waals surface area contributed by atoms with Gasteiger partial charge < -0.3 is 19.0 Å². The molecule has 3 rings (SSSR count). The number of amides is 1. The van der Waals surface area contributed by atoms with Crippen LogP contribution >= 0.6 is 0 Å². The van der Waals surface area contributed by atoms with Gasteiger partial charge in [0.25, 0.3) is 11.5 Å². The number of carbonyl (C=O) groups excluding carboxylic acids is 1. The minimum atomic E-state index is -0.330. The number of methoxy groups -OCH3 is 1. The van der Waals surface area contributed by atoms with Gasteiger partial charge in [0.05, 0.1) is 18.9 Å². The highest BCUT2D eigenvalue weighted by atomic mass is 16.5. The fourth-order valence-corrected chi connectivity index (χ4v) is 2.37. The molecule has 3 aromatic rings. The summed E-state index contributed by atoms with van der Waals surface area (Å²) in [5.74, 6) is 0.573. The smallest absolute Gasteiger partial charge is 0.256 e. The zero-order valence-corrected chi connectivity index (χ0v) is 13.9. The van der Waals surface area contributed by atoms with Gasteiger partial charge in [-0.15, -0.1) is 0 Å². The van der Waals surface area contributed by atoms with Crippen molar-refractivity contribution in [2.75, 3.05) is 7.11 Å². The predicted octanol–water partition coefficient (Wildman–Crippen LogP) is 1.98. The van der Waals surface area contributed by atoms with Crippen molar-refractivity contribution in [1.82, 2.24) is 14.9 Å². The number of nitrogens with zero attached hydrogens (tertiary/aromatic N) is 2. The van der Waals surface area contributed by atoms with Gasteiger partial charge in [-0.1, -0.05) is 0 Å². The quantitative estimate of drug-likeness (QED) is 0.768. The van der Waals surface area contributed by atoms with E-state index in [-0.39, 0.29) is 17.2 Å². The Morgan fingerprint density at radius 2 is 2.20 bits per heavy atom. The van der Waals surface area contributed by atoms with Crippen LogP contribution in [-0.4, -0.2) is 22.6 Å². The molecular weight excluding hydrogens is 322 g/mol. The first kappa shape index (κ1) is 16.5. The lowest BCUT2D eigenvalue weighted by Gasteiger charge is -2.11. The van der Waals surface area contributed by atoms with E-state index < -0.39 is 0 Å². The molecule has 7 nitrogen and oxygen atoms in total. The number of aromatic nitrogens is 2. The van der Waals surface area contributed by atoms with Crippen LogP contribution in [0.4, 0.5) is 0 Å². The van der Waals surface area contributed by atoms with Crippen molar-refractivity contribution in [3.8, 4) is 17.2 Å². The average molecular weight is 339 g/mol. The third kappa shape index (κ3) is 3.60. The van der Waals surface area contributed by atoms with Gasteiger partial charge in [-0.05, 0) is 29.8 Å². The first-order valence-electron chi connectivity index (χ1n) is 7.60. The van der Waals surface area contributed by atoms with Gasteiger partial charge >= 0.3 is 0 Å². The van der Waals surface area contributed by atoms with Crippen molar-refractivity contribution in [1.29, 1.82) is 0 Å². The highest BCUT2D eigenvalue weighted by Gasteiger charge is 2.14. The summed E-state index contributed by atoms with van der Waals surface area (Å²) in [7, 11) is 3.00. The van der Waals surface area contributed by atoms with Crippen LogP contribution in [0.2, 0.25) is 0 Å². The van der Waals surface area contributed by atoms with Gasteiger partial charge in [-0.3, -0.25) is 14.6 Å². The molecule has 0 aliphatic rings. The number of hydrogen-bond donors (Lipinski definition) is 1. The molecule has 128 valence electrons. The summed E-state index contributed by atoms with van der Waals surface area (Å²) >= 11 is 0. The minimum absolute atomic E-state index is 0.242. The van der Waals surface area contributed by atoms with E-state index in [1.807, 2.05) is 18.2 Å². The van der Waals surface area contributed by atoms with E-state index in [2.05, 4.69) is 10.3 Å². The Labute approximate surface area is 143 Å². The second-order valence-corrected chi connectivity index (χ2v) is 5.41. The van der Waals surface area contributed by atoms with Gasteiger partial charge in [-0.2, -0.15) is 0 Å². The summed E-state index contributed by atoms with van der Waals surface area (Å²) in [6.07, 6.45) is 4.70. The maximum Gasteiger partial charge on any atom is 0.256 e. The highest BCUT2D eigenvalue weighted by molar-refractivity contribution is 5.96. The Balaban J connectivity index is 1.76. The summed E-state index contributed by atoms with van der Waals surface area (Å²) in [5.41, 5.74) is 1.62. The van der Waals surface area contributed by atoms with Crippen LogP contribution in [0.3, 0.4) is 0 Å². The summed E-state index contributed by atoms with van der Waals surface area (Å²) in [4.78, 5) is 28.3. The summed E-state index contributed by atoms with van der Waals surface area (Å²) in [6.45, 7) is 0.307. The Bertz CT molecular complexity index is 945. The first-order chi connectivity index (χ1) is 12.1. The molecule has 0 unspecified atom stereocenters. The molecule has 0 radical (unpaired) electrons. The van der Waals surface area contributed by atoms with Crippen molar-refractivity contribution in [3.63, 3.8) is 0 Å². The van der Waals surface area contributed by atoms with Crippen LogP contribution in [0.25, 0.3) is 11.5 Å². The number of nitrogens with one attached hydrogen (secondary N) is 1. The monoisotopic (exact) mass is 339 g/mol. The zero-order valence-electron chi connectivity index (χ0n) is 13.9. The van der Waals surface area contributed by atoms with E-state index in [0.717, 1.165) is 5.56 Å². The van der Waals surface area contributed by atoms with Crippen molar-refractivity contribution in [3.05, 3.63) is 70.5 Å². The third-order valence-electron chi connectivity index (χ3n) is 3.71. The predicted molar refractivity (Wildman–Crippen MR) is 91.3 cm³/mol. The van der Waals surface area contributed by atoms with Crippen molar-refractivity contribution in [2.45, 2.75) is 6.54 Å². The topological polar surface area (TPSA) is 86.4 Å². The van der Waals surface area contributed by atoms with E-state index in [4.69, 9.17) is 9.15 Å². The van der Waals surface area contributed by atoms with Crippen molar-refractivity contribution in [2.24, 2.45) is 7.05 Å². The van der Waals surface area contributed by atoms with Gasteiger partial charge in [-0.25, -0.2) is 0 Å². The lowest BCUT2D eigenvalue weighted by molar-refractivity contribution is 0.0947. The maximum atomic E-state index is 12.4. The van der Waals surface area contributed by atoms with E-state index in [1.54, 1.807) is 25.6 Å². The Morgan fingerprint density at radius 3 is 2.92 bits per heavy atom. The van der Waals surface area contributed by atoms with E-state index in [1.165, 1.54) is 23.9 Å². The van der Waals surface area contributed by atoms with Crippen LogP contribution in [0.15, 0.2) is 58.2 Å². The zero-order chi connectivity index (χ0) is 17.8. The molecule has 25 heavy (non-hydrogen) atoms. The Morgan fingerprint density at radius 1 is 1.36 bits per heavy atom. The standard InChI is InChI=1S/C18H17N3O4/c1-21-11-13(16(24-2)9-17(21)22)18(23)20-10-12-5-6-19-14(8-12)15-4-3-7-25-15/h3-9,11H,10H2,1-2H3,(H,20,23). The van der Waals surface area contributed by atoms with Gasteiger partial charge in [0.15, 0.2) is 5.76 Å². The van der Waals surface area contributed by atoms with Crippen LogP contribution in [0.1, 0.15) is 15.9 Å². The molecule has 1 amide bonds. The van der Waals surface area contributed by atoms with Gasteiger partial charge in [0, 0.05) is 32.1 Å². The van der Waals surface area contributed by atoms with E-state index >= 15 is 0 Å². The lowest BCUT2D eigenvalue weighted by atomic mass is 10.2. The van der Waals surface area contributed by atoms with Crippen LogP contribution < -0.4 is 15.6 Å². The average Bonchev–Trinajstić information content (AvgIpc) is 3.16. The lowest BCUT2D eigenvalue weighted by Crippen LogP contribution is -2.26. The third-order valence-corrected chi connectivity index (χ3v) is 3.71. The molecule has 0 saturated carbocycles. The van der Waals surface area contributed by atoms with Crippen molar-refractivity contribution < 1.29 is 13.9 Å². The normalized spacial score (nSPS) is 10.5. The summed E-state index contributed by atoms with van der Waals surface area (Å²) in [5, 5.41) is 2.82. The number of ether oxygens (including phenoxy) is 1. The van der Waals surface area contributed by atoms with E-state index in [9.17, 15) is 9.59 Å². The number of rotatable bonds is 5.